The maximum Gasteiger partial charge on any atom is 0.343 e. The minimum Gasteiger partial charge on any atom is -0.422 e. The van der Waals surface area contributed by atoms with E-state index in [9.17, 15) is 10.1 Å². The first-order valence-corrected chi connectivity index (χ1v) is 15.1. The number of anilines is 1. The Bertz CT molecular complexity index is 1840. The standard InChI is InChI=1S/C34H33N3O2S/c1-33(2)12-14-37-15-13-34(3,4)28-29(37)25(33)18-22-17-23(32(38)39-30(22)28)20-8-7-9-21(16-20)24(19-35)31-36-26-10-5-6-11-27(26)40-31/h5-6,10-11,16-18H,7-9,12-15H2,1-4H3/b24-21+. The van der Waals surface area contributed by atoms with Crippen LogP contribution in [0.2, 0.25) is 0 Å². The minimum absolute atomic E-state index is 0.0530. The summed E-state index contributed by atoms with van der Waals surface area (Å²) in [6.07, 6.45) is 6.63. The van der Waals surface area contributed by atoms with Gasteiger partial charge in [-0.15, -0.1) is 11.3 Å². The molecule has 0 amide bonds. The van der Waals surface area contributed by atoms with Gasteiger partial charge in [-0.1, -0.05) is 45.9 Å². The molecule has 40 heavy (non-hydrogen) atoms. The highest BCUT2D eigenvalue weighted by Crippen LogP contribution is 2.51. The van der Waals surface area contributed by atoms with Gasteiger partial charge >= 0.3 is 5.63 Å². The van der Waals surface area contributed by atoms with Gasteiger partial charge in [0.15, 0.2) is 0 Å². The number of hydrogen-bond acceptors (Lipinski definition) is 6. The molecule has 3 aliphatic rings. The Morgan fingerprint density at radius 1 is 1.07 bits per heavy atom. The number of para-hydroxylation sites is 1. The van der Waals surface area contributed by atoms with Crippen molar-refractivity contribution in [3.05, 3.63) is 80.2 Å². The molecule has 0 atom stereocenters. The van der Waals surface area contributed by atoms with E-state index in [4.69, 9.17) is 9.40 Å². The summed E-state index contributed by atoms with van der Waals surface area (Å²) in [5, 5.41) is 11.9. The average Bonchev–Trinajstić information content (AvgIpc) is 3.35. The first-order chi connectivity index (χ1) is 19.2. The first kappa shape index (κ1) is 25.3. The zero-order valence-corrected chi connectivity index (χ0v) is 24.4. The van der Waals surface area contributed by atoms with Crippen molar-refractivity contribution in [2.24, 2.45) is 0 Å². The summed E-state index contributed by atoms with van der Waals surface area (Å²) in [6, 6.07) is 14.7. The number of benzene rings is 2. The van der Waals surface area contributed by atoms with Crippen LogP contribution in [0.1, 0.15) is 81.5 Å². The van der Waals surface area contributed by atoms with Crippen LogP contribution in [0, 0.1) is 11.3 Å². The Morgan fingerprint density at radius 2 is 1.85 bits per heavy atom. The quantitative estimate of drug-likeness (QED) is 0.187. The van der Waals surface area contributed by atoms with Crippen LogP contribution in [-0.2, 0) is 10.8 Å². The van der Waals surface area contributed by atoms with Crippen LogP contribution < -0.4 is 10.5 Å². The van der Waals surface area contributed by atoms with Crippen LogP contribution in [0.15, 0.2) is 57.3 Å². The Hall–Kier alpha value is -3.69. The number of hydrogen-bond donors (Lipinski definition) is 0. The van der Waals surface area contributed by atoms with Gasteiger partial charge in [0.05, 0.1) is 21.4 Å². The van der Waals surface area contributed by atoms with Gasteiger partial charge in [0.1, 0.15) is 16.7 Å². The van der Waals surface area contributed by atoms with Crippen LogP contribution in [0.4, 0.5) is 5.69 Å². The van der Waals surface area contributed by atoms with Crippen molar-refractivity contribution in [2.45, 2.75) is 70.6 Å². The second kappa shape index (κ2) is 8.91. The Morgan fingerprint density at radius 3 is 2.62 bits per heavy atom. The molecular formula is C34H33N3O2S. The van der Waals surface area contributed by atoms with Gasteiger partial charge in [-0.2, -0.15) is 5.26 Å². The van der Waals surface area contributed by atoms with Crippen LogP contribution in [0.3, 0.4) is 0 Å². The third-order valence-electron chi connectivity index (χ3n) is 9.26. The average molecular weight is 548 g/mol. The van der Waals surface area contributed by atoms with Gasteiger partial charge in [-0.25, -0.2) is 9.78 Å². The van der Waals surface area contributed by atoms with E-state index in [0.29, 0.717) is 11.1 Å². The summed E-state index contributed by atoms with van der Waals surface area (Å²) < 4.78 is 7.32. The number of nitriles is 1. The van der Waals surface area contributed by atoms with E-state index in [1.807, 2.05) is 30.3 Å². The summed E-state index contributed by atoms with van der Waals surface area (Å²) in [7, 11) is 0. The van der Waals surface area contributed by atoms with E-state index in [0.717, 1.165) is 82.5 Å². The molecule has 0 bridgehead atoms. The van der Waals surface area contributed by atoms with Crippen LogP contribution >= 0.6 is 11.3 Å². The van der Waals surface area contributed by atoms with E-state index < -0.39 is 0 Å². The molecule has 0 spiro atoms. The Balaban J connectivity index is 1.41. The summed E-state index contributed by atoms with van der Waals surface area (Å²) >= 11 is 1.54. The van der Waals surface area contributed by atoms with E-state index >= 15 is 0 Å². The number of allylic oxidation sites excluding steroid dienone is 4. The maximum absolute atomic E-state index is 13.6. The second-order valence-electron chi connectivity index (χ2n) is 12.8. The van der Waals surface area contributed by atoms with Gasteiger partial charge in [0, 0.05) is 29.7 Å². The van der Waals surface area contributed by atoms with Crippen molar-refractivity contribution in [2.75, 3.05) is 18.0 Å². The van der Waals surface area contributed by atoms with Gasteiger partial charge in [-0.3, -0.25) is 0 Å². The lowest BCUT2D eigenvalue weighted by molar-refractivity contribution is 0.398. The molecule has 2 aliphatic heterocycles. The van der Waals surface area contributed by atoms with Crippen LogP contribution in [0.5, 0.6) is 0 Å². The number of aromatic nitrogens is 1. The molecule has 0 unspecified atom stereocenters. The normalized spacial score (nSPS) is 20.7. The molecule has 0 saturated carbocycles. The van der Waals surface area contributed by atoms with Crippen molar-refractivity contribution in [1.82, 2.24) is 4.98 Å². The molecule has 0 N–H and O–H groups in total. The fraction of sp³-hybridized carbons (Fsp3) is 0.382. The van der Waals surface area contributed by atoms with E-state index in [2.05, 4.69) is 50.8 Å². The predicted molar refractivity (Wildman–Crippen MR) is 164 cm³/mol. The molecule has 2 aromatic heterocycles. The van der Waals surface area contributed by atoms with Crippen molar-refractivity contribution < 1.29 is 4.42 Å². The van der Waals surface area contributed by atoms with Crippen molar-refractivity contribution in [1.29, 1.82) is 5.26 Å². The topological polar surface area (TPSA) is 70.1 Å². The highest BCUT2D eigenvalue weighted by Gasteiger charge is 2.42. The number of nitrogens with zero attached hydrogens (tertiary/aromatic N) is 3. The lowest BCUT2D eigenvalue weighted by Gasteiger charge is -2.48. The molecule has 202 valence electrons. The largest absolute Gasteiger partial charge is 0.422 e. The summed E-state index contributed by atoms with van der Waals surface area (Å²) in [5.41, 5.74) is 8.24. The molecule has 5 nitrogen and oxygen atoms in total. The Kier molecular flexibility index (Phi) is 5.63. The van der Waals surface area contributed by atoms with Gasteiger partial charge in [0.25, 0.3) is 0 Å². The number of thiazole rings is 1. The second-order valence-corrected chi connectivity index (χ2v) is 13.8. The third-order valence-corrected chi connectivity index (χ3v) is 10.3. The van der Waals surface area contributed by atoms with Crippen molar-refractivity contribution in [3.63, 3.8) is 0 Å². The number of rotatable bonds is 2. The first-order valence-electron chi connectivity index (χ1n) is 14.3. The fourth-order valence-electron chi connectivity index (χ4n) is 6.84. The molecular weight excluding hydrogens is 514 g/mol. The van der Waals surface area contributed by atoms with Crippen molar-refractivity contribution in [3.8, 4) is 6.07 Å². The predicted octanol–water partition coefficient (Wildman–Crippen LogP) is 8.12. The summed E-state index contributed by atoms with van der Waals surface area (Å²) in [4.78, 5) is 20.9. The summed E-state index contributed by atoms with van der Waals surface area (Å²) in [5.74, 6) is 0. The third kappa shape index (κ3) is 3.86. The van der Waals surface area contributed by atoms with E-state index in [1.54, 1.807) is 11.3 Å². The monoisotopic (exact) mass is 547 g/mol. The highest BCUT2D eigenvalue weighted by molar-refractivity contribution is 7.19. The molecule has 0 fully saturated rings. The minimum atomic E-state index is -0.294. The molecule has 0 saturated heterocycles. The van der Waals surface area contributed by atoms with Gasteiger partial charge in [-0.05, 0) is 83.9 Å². The van der Waals surface area contributed by atoms with E-state index in [-0.39, 0.29) is 16.5 Å². The van der Waals surface area contributed by atoms with Crippen molar-refractivity contribution >= 4 is 49.4 Å². The lowest BCUT2D eigenvalue weighted by Crippen LogP contribution is -2.44. The highest BCUT2D eigenvalue weighted by atomic mass is 32.1. The molecule has 4 aromatic rings. The zero-order valence-electron chi connectivity index (χ0n) is 23.6. The molecule has 2 aromatic carbocycles. The van der Waals surface area contributed by atoms with Gasteiger partial charge in [0.2, 0.25) is 0 Å². The van der Waals surface area contributed by atoms with E-state index in [1.165, 1.54) is 16.8 Å². The molecule has 0 radical (unpaired) electrons. The maximum atomic E-state index is 13.6. The number of fused-ring (bicyclic) bond motifs is 3. The molecule has 1 aliphatic carbocycles. The van der Waals surface area contributed by atoms with Crippen LogP contribution in [-0.4, -0.2) is 18.1 Å². The van der Waals surface area contributed by atoms with Gasteiger partial charge < -0.3 is 9.32 Å². The summed E-state index contributed by atoms with van der Waals surface area (Å²) in [6.45, 7) is 11.3. The van der Waals surface area contributed by atoms with Crippen LogP contribution in [0.25, 0.3) is 32.3 Å². The Labute approximate surface area is 238 Å². The smallest absolute Gasteiger partial charge is 0.343 e. The molecule has 4 heterocycles. The molecule has 6 heteroatoms. The zero-order chi connectivity index (χ0) is 27.8. The SMILES string of the molecule is CC1(C)CCN2CCC(C)(C)c3c2c1cc1cc(C2=C/C(=C(\C#N)c4nc5ccccc5s4)CCC2)c(=O)oc31. The lowest BCUT2D eigenvalue weighted by atomic mass is 9.69. The molecule has 7 rings (SSSR count). The fourth-order valence-corrected chi connectivity index (χ4v) is 7.84.